The van der Waals surface area contributed by atoms with Gasteiger partial charge in [0.25, 0.3) is 5.91 Å². The van der Waals surface area contributed by atoms with Gasteiger partial charge in [-0.1, -0.05) is 17.7 Å². The largest absolute Gasteiger partial charge is 0.351 e. The summed E-state index contributed by atoms with van der Waals surface area (Å²) in [4.78, 5) is 12.3. The molecule has 0 spiro atoms. The van der Waals surface area contributed by atoms with Gasteiger partial charge in [-0.25, -0.2) is 0 Å². The number of hydrogen-bond acceptors (Lipinski definition) is 2. The third-order valence-corrected chi connectivity index (χ3v) is 3.69. The first-order valence-corrected chi connectivity index (χ1v) is 7.65. The van der Waals surface area contributed by atoms with Gasteiger partial charge in [-0.2, -0.15) is 5.26 Å². The molecule has 0 atom stereocenters. The summed E-state index contributed by atoms with van der Waals surface area (Å²) in [5.41, 5.74) is 2.34. The Hall–Kier alpha value is -2.51. The van der Waals surface area contributed by atoms with E-state index >= 15 is 0 Å². The van der Waals surface area contributed by atoms with Gasteiger partial charge in [0.05, 0.1) is 0 Å². The fourth-order valence-electron chi connectivity index (χ4n) is 2.07. The minimum Gasteiger partial charge on any atom is -0.351 e. The third kappa shape index (κ3) is 4.24. The van der Waals surface area contributed by atoms with E-state index in [2.05, 4.69) is 19.2 Å². The zero-order chi connectivity index (χ0) is 17.0. The Bertz CT molecular complexity index is 797. The fourth-order valence-corrected chi connectivity index (χ4v) is 2.24. The monoisotopic (exact) mass is 327 g/mol. The van der Waals surface area contributed by atoms with Gasteiger partial charge in [-0.3, -0.25) is 4.79 Å². The summed E-state index contributed by atoms with van der Waals surface area (Å²) in [7, 11) is 0. The van der Waals surface area contributed by atoms with E-state index in [9.17, 15) is 10.1 Å². The van der Waals surface area contributed by atoms with Gasteiger partial charge in [0, 0.05) is 29.1 Å². The standard InChI is InChI=1S/C18H18ClN3O/c1-12(2)22-7-6-14(11-22)8-15(10-20)18(23)21-17-9-16(19)5-4-13(17)3/h4-9,11-12H,1-3H3,(H,21,23)/b15-8+. The van der Waals surface area contributed by atoms with E-state index in [-0.39, 0.29) is 5.57 Å². The van der Waals surface area contributed by atoms with E-state index in [1.165, 1.54) is 0 Å². The Morgan fingerprint density at radius 2 is 2.13 bits per heavy atom. The number of aryl methyl sites for hydroxylation is 1. The predicted octanol–water partition coefficient (Wildman–Crippen LogP) is 4.58. The van der Waals surface area contributed by atoms with Crippen LogP contribution in [0, 0.1) is 18.3 Å². The molecule has 0 aliphatic carbocycles. The normalized spacial score (nSPS) is 11.4. The zero-order valence-electron chi connectivity index (χ0n) is 13.3. The van der Waals surface area contributed by atoms with Crippen molar-refractivity contribution in [3.05, 3.63) is 58.4 Å². The molecule has 0 fully saturated rings. The van der Waals surface area contributed by atoms with E-state index in [0.29, 0.717) is 16.8 Å². The molecule has 0 radical (unpaired) electrons. The van der Waals surface area contributed by atoms with Crippen molar-refractivity contribution >= 4 is 29.3 Å². The number of carbonyl (C=O) groups is 1. The number of benzene rings is 1. The molecule has 2 aromatic rings. The summed E-state index contributed by atoms with van der Waals surface area (Å²) in [5.74, 6) is -0.449. The van der Waals surface area contributed by atoms with Crippen molar-refractivity contribution in [1.29, 1.82) is 5.26 Å². The maximum absolute atomic E-state index is 12.3. The highest BCUT2D eigenvalue weighted by Crippen LogP contribution is 2.21. The zero-order valence-corrected chi connectivity index (χ0v) is 14.1. The molecule has 1 heterocycles. The number of carbonyl (C=O) groups excluding carboxylic acids is 1. The molecule has 0 saturated heterocycles. The summed E-state index contributed by atoms with van der Waals surface area (Å²) in [5, 5.41) is 12.5. The van der Waals surface area contributed by atoms with Crippen LogP contribution in [0.4, 0.5) is 5.69 Å². The molecular weight excluding hydrogens is 310 g/mol. The smallest absolute Gasteiger partial charge is 0.266 e. The van der Waals surface area contributed by atoms with Crippen molar-refractivity contribution in [1.82, 2.24) is 4.57 Å². The molecular formula is C18H18ClN3O. The highest BCUT2D eigenvalue weighted by atomic mass is 35.5. The molecule has 2 rings (SSSR count). The minimum absolute atomic E-state index is 0.0471. The Morgan fingerprint density at radius 1 is 1.39 bits per heavy atom. The van der Waals surface area contributed by atoms with Crippen molar-refractivity contribution in [3.63, 3.8) is 0 Å². The van der Waals surface area contributed by atoms with Gasteiger partial charge in [-0.05, 0) is 56.2 Å². The maximum atomic E-state index is 12.3. The second-order valence-corrected chi connectivity index (χ2v) is 6.01. The Kier molecular flexibility index (Phi) is 5.25. The number of nitrogens with one attached hydrogen (secondary N) is 1. The first-order chi connectivity index (χ1) is 10.9. The van der Waals surface area contributed by atoms with Gasteiger partial charge in [0.1, 0.15) is 11.6 Å². The van der Waals surface area contributed by atoms with Crippen LogP contribution in [-0.4, -0.2) is 10.5 Å². The average molecular weight is 328 g/mol. The van der Waals surface area contributed by atoms with E-state index in [4.69, 9.17) is 11.6 Å². The number of nitrogens with zero attached hydrogens (tertiary/aromatic N) is 2. The molecule has 1 N–H and O–H groups in total. The van der Waals surface area contributed by atoms with Crippen LogP contribution >= 0.6 is 11.6 Å². The van der Waals surface area contributed by atoms with Crippen LogP contribution in [0.15, 0.2) is 42.2 Å². The highest BCUT2D eigenvalue weighted by molar-refractivity contribution is 6.31. The van der Waals surface area contributed by atoms with Gasteiger partial charge in [0.2, 0.25) is 0 Å². The molecule has 0 unspecified atom stereocenters. The molecule has 1 aromatic carbocycles. The maximum Gasteiger partial charge on any atom is 0.266 e. The number of rotatable bonds is 4. The van der Waals surface area contributed by atoms with E-state index in [1.807, 2.05) is 42.1 Å². The molecule has 0 aliphatic heterocycles. The number of aromatic nitrogens is 1. The lowest BCUT2D eigenvalue weighted by Gasteiger charge is -2.08. The molecule has 23 heavy (non-hydrogen) atoms. The van der Waals surface area contributed by atoms with Crippen LogP contribution in [-0.2, 0) is 4.79 Å². The third-order valence-electron chi connectivity index (χ3n) is 3.46. The molecule has 5 heteroatoms. The summed E-state index contributed by atoms with van der Waals surface area (Å²) >= 11 is 5.94. The number of nitriles is 1. The predicted molar refractivity (Wildman–Crippen MR) is 93.2 cm³/mol. The fraction of sp³-hybridized carbons (Fsp3) is 0.222. The van der Waals surface area contributed by atoms with Crippen LogP contribution in [0.1, 0.15) is 31.0 Å². The number of halogens is 1. The summed E-state index contributed by atoms with van der Waals surface area (Å²) in [6.45, 7) is 5.99. The van der Waals surface area contributed by atoms with Crippen LogP contribution in [0.2, 0.25) is 5.02 Å². The van der Waals surface area contributed by atoms with Crippen LogP contribution in [0.25, 0.3) is 6.08 Å². The lowest BCUT2D eigenvalue weighted by atomic mass is 10.1. The van der Waals surface area contributed by atoms with Crippen molar-refractivity contribution in [2.75, 3.05) is 5.32 Å². The topological polar surface area (TPSA) is 57.8 Å². The van der Waals surface area contributed by atoms with Crippen molar-refractivity contribution in [2.24, 2.45) is 0 Å². The average Bonchev–Trinajstić information content (AvgIpc) is 2.97. The SMILES string of the molecule is Cc1ccc(Cl)cc1NC(=O)/C(C#N)=C/c1ccn(C(C)C)c1. The first kappa shape index (κ1) is 16.9. The highest BCUT2D eigenvalue weighted by Gasteiger charge is 2.11. The number of amides is 1. The second-order valence-electron chi connectivity index (χ2n) is 5.57. The van der Waals surface area contributed by atoms with Crippen molar-refractivity contribution in [2.45, 2.75) is 26.8 Å². The van der Waals surface area contributed by atoms with Gasteiger partial charge in [-0.15, -0.1) is 0 Å². The summed E-state index contributed by atoms with van der Waals surface area (Å²) < 4.78 is 2.01. The van der Waals surface area contributed by atoms with Crippen LogP contribution < -0.4 is 5.32 Å². The van der Waals surface area contributed by atoms with Gasteiger partial charge < -0.3 is 9.88 Å². The van der Waals surface area contributed by atoms with Gasteiger partial charge in [0.15, 0.2) is 0 Å². The lowest BCUT2D eigenvalue weighted by Crippen LogP contribution is -2.14. The van der Waals surface area contributed by atoms with E-state index in [0.717, 1.165) is 11.1 Å². The van der Waals surface area contributed by atoms with Crippen LogP contribution in [0.3, 0.4) is 0 Å². The first-order valence-electron chi connectivity index (χ1n) is 7.27. The molecule has 0 bridgehead atoms. The van der Waals surface area contributed by atoms with E-state index < -0.39 is 5.91 Å². The molecule has 4 nitrogen and oxygen atoms in total. The Balaban J connectivity index is 2.22. The van der Waals surface area contributed by atoms with Crippen LogP contribution in [0.5, 0.6) is 0 Å². The molecule has 1 amide bonds. The lowest BCUT2D eigenvalue weighted by molar-refractivity contribution is -0.112. The van der Waals surface area contributed by atoms with Gasteiger partial charge >= 0.3 is 0 Å². The Morgan fingerprint density at radius 3 is 2.74 bits per heavy atom. The molecule has 0 saturated carbocycles. The number of hydrogen-bond donors (Lipinski definition) is 1. The van der Waals surface area contributed by atoms with Crippen molar-refractivity contribution < 1.29 is 4.79 Å². The molecule has 118 valence electrons. The minimum atomic E-state index is -0.449. The summed E-state index contributed by atoms with van der Waals surface area (Å²) in [6.07, 6.45) is 5.40. The Labute approximate surface area is 141 Å². The van der Waals surface area contributed by atoms with Crippen molar-refractivity contribution in [3.8, 4) is 6.07 Å². The molecule has 0 aliphatic rings. The summed E-state index contributed by atoms with van der Waals surface area (Å²) in [6, 6.07) is 9.38. The number of anilines is 1. The molecule has 1 aromatic heterocycles. The second kappa shape index (κ2) is 7.17. The quantitative estimate of drug-likeness (QED) is 0.660. The van der Waals surface area contributed by atoms with E-state index in [1.54, 1.807) is 18.2 Å².